The van der Waals surface area contributed by atoms with Gasteiger partial charge in [-0.2, -0.15) is 0 Å². The molecule has 3 rings (SSSR count). The molecule has 0 fully saturated rings. The van der Waals surface area contributed by atoms with Gasteiger partial charge < -0.3 is 9.73 Å². The molecular formula is C20H19NO3. The number of hydrogen-bond donors (Lipinski definition) is 1. The van der Waals surface area contributed by atoms with Crippen LogP contribution in [0.25, 0.3) is 11.0 Å². The zero-order chi connectivity index (χ0) is 17.3. The van der Waals surface area contributed by atoms with Crippen LogP contribution in [0.15, 0.2) is 63.8 Å². The van der Waals surface area contributed by atoms with Crippen molar-refractivity contribution in [3.05, 3.63) is 76.1 Å². The highest BCUT2D eigenvalue weighted by Gasteiger charge is 2.20. The molecule has 0 aliphatic heterocycles. The van der Waals surface area contributed by atoms with E-state index in [1.54, 1.807) is 24.3 Å². The van der Waals surface area contributed by atoms with E-state index in [1.165, 1.54) is 0 Å². The summed E-state index contributed by atoms with van der Waals surface area (Å²) < 4.78 is 5.23. The van der Waals surface area contributed by atoms with Crippen molar-refractivity contribution < 1.29 is 9.21 Å². The third-order valence-electron chi connectivity index (χ3n) is 3.87. The largest absolute Gasteiger partial charge is 0.422 e. The summed E-state index contributed by atoms with van der Waals surface area (Å²) in [6.07, 6.45) is 0. The van der Waals surface area contributed by atoms with Crippen LogP contribution in [0.5, 0.6) is 0 Å². The summed E-state index contributed by atoms with van der Waals surface area (Å²) >= 11 is 0. The zero-order valence-electron chi connectivity index (χ0n) is 13.9. The van der Waals surface area contributed by atoms with E-state index in [-0.39, 0.29) is 11.0 Å². The number of nitrogens with one attached hydrogen (secondary N) is 1. The second kappa shape index (κ2) is 5.96. The highest BCUT2D eigenvalue weighted by molar-refractivity contribution is 6.05. The van der Waals surface area contributed by atoms with E-state index in [0.717, 1.165) is 5.56 Å². The van der Waals surface area contributed by atoms with Crippen molar-refractivity contribution in [2.45, 2.75) is 26.2 Å². The van der Waals surface area contributed by atoms with Crippen molar-refractivity contribution in [2.75, 3.05) is 5.32 Å². The predicted molar refractivity (Wildman–Crippen MR) is 95.6 cm³/mol. The second-order valence-corrected chi connectivity index (χ2v) is 6.74. The summed E-state index contributed by atoms with van der Waals surface area (Å²) in [5.41, 5.74) is 1.40. The van der Waals surface area contributed by atoms with Crippen LogP contribution in [0, 0.1) is 0 Å². The molecule has 0 aliphatic rings. The molecule has 0 bridgehead atoms. The molecular weight excluding hydrogens is 302 g/mol. The molecule has 1 N–H and O–H groups in total. The number of carbonyl (C=O) groups is 1. The van der Waals surface area contributed by atoms with Crippen molar-refractivity contribution in [1.82, 2.24) is 0 Å². The lowest BCUT2D eigenvalue weighted by atomic mass is 9.86. The second-order valence-electron chi connectivity index (χ2n) is 6.74. The van der Waals surface area contributed by atoms with E-state index in [0.29, 0.717) is 16.7 Å². The van der Waals surface area contributed by atoms with Crippen molar-refractivity contribution in [3.8, 4) is 0 Å². The quantitative estimate of drug-likeness (QED) is 0.714. The van der Waals surface area contributed by atoms with Gasteiger partial charge in [0.05, 0.1) is 0 Å². The molecule has 0 spiro atoms. The van der Waals surface area contributed by atoms with Crippen molar-refractivity contribution in [2.24, 2.45) is 0 Å². The summed E-state index contributed by atoms with van der Waals surface area (Å²) in [7, 11) is 0. The number of amides is 1. The van der Waals surface area contributed by atoms with Crippen molar-refractivity contribution >= 4 is 22.6 Å². The Labute approximate surface area is 140 Å². The third kappa shape index (κ3) is 3.08. The molecule has 1 heterocycles. The molecule has 122 valence electrons. The molecule has 0 radical (unpaired) electrons. The van der Waals surface area contributed by atoms with Gasteiger partial charge in [-0.25, -0.2) is 4.79 Å². The average Bonchev–Trinajstić information content (AvgIpc) is 2.53. The molecule has 0 saturated carbocycles. The van der Waals surface area contributed by atoms with Gasteiger partial charge in [-0.15, -0.1) is 0 Å². The third-order valence-corrected chi connectivity index (χ3v) is 3.87. The number of rotatable bonds is 2. The van der Waals surface area contributed by atoms with Crippen LogP contribution in [0.1, 0.15) is 36.7 Å². The van der Waals surface area contributed by atoms with Gasteiger partial charge in [0.2, 0.25) is 0 Å². The molecule has 4 nitrogen and oxygen atoms in total. The lowest BCUT2D eigenvalue weighted by Crippen LogP contribution is -2.23. The molecule has 0 unspecified atom stereocenters. The van der Waals surface area contributed by atoms with Crippen LogP contribution in [0.2, 0.25) is 0 Å². The lowest BCUT2D eigenvalue weighted by molar-refractivity contribution is 0.102. The van der Waals surface area contributed by atoms with Gasteiger partial charge in [0.15, 0.2) is 0 Å². The first-order valence-electron chi connectivity index (χ1n) is 7.80. The SMILES string of the molecule is CC(C)(C)c1ccccc1NC(=O)c1cc2ccccc2oc1=O. The number of fused-ring (bicyclic) bond motifs is 1. The summed E-state index contributed by atoms with van der Waals surface area (Å²) in [6, 6.07) is 16.3. The van der Waals surface area contributed by atoms with Crippen LogP contribution in [-0.2, 0) is 5.41 Å². The smallest absolute Gasteiger partial charge is 0.349 e. The zero-order valence-corrected chi connectivity index (χ0v) is 13.9. The van der Waals surface area contributed by atoms with Gasteiger partial charge >= 0.3 is 5.63 Å². The molecule has 1 aromatic heterocycles. The Morgan fingerprint density at radius 2 is 1.67 bits per heavy atom. The Hall–Kier alpha value is -2.88. The van der Waals surface area contributed by atoms with E-state index in [4.69, 9.17) is 4.42 Å². The standard InChI is InChI=1S/C20H19NO3/c1-20(2,3)15-9-5-6-10-16(15)21-18(22)14-12-13-8-4-7-11-17(13)24-19(14)23/h4-12H,1-3H3,(H,21,22). The van der Waals surface area contributed by atoms with E-state index in [2.05, 4.69) is 26.1 Å². The molecule has 1 amide bonds. The summed E-state index contributed by atoms with van der Waals surface area (Å²) in [5, 5.41) is 3.55. The maximum absolute atomic E-state index is 12.6. The van der Waals surface area contributed by atoms with Crippen molar-refractivity contribution in [3.63, 3.8) is 0 Å². The number of carbonyl (C=O) groups excluding carboxylic acids is 1. The molecule has 0 aliphatic carbocycles. The van der Waals surface area contributed by atoms with Gasteiger partial charge in [-0.3, -0.25) is 4.79 Å². The number of anilines is 1. The average molecular weight is 321 g/mol. The normalized spacial score (nSPS) is 11.5. The van der Waals surface area contributed by atoms with Crippen LogP contribution >= 0.6 is 0 Å². The minimum absolute atomic E-state index is 0.00240. The highest BCUT2D eigenvalue weighted by atomic mass is 16.4. The van der Waals surface area contributed by atoms with E-state index >= 15 is 0 Å². The fourth-order valence-corrected chi connectivity index (χ4v) is 2.66. The van der Waals surface area contributed by atoms with Gasteiger partial charge in [0, 0.05) is 11.1 Å². The Kier molecular flexibility index (Phi) is 3.97. The Balaban J connectivity index is 2.00. The Morgan fingerprint density at radius 3 is 2.42 bits per heavy atom. The first-order valence-corrected chi connectivity index (χ1v) is 7.80. The number of benzene rings is 2. The van der Waals surface area contributed by atoms with Crippen LogP contribution in [0.4, 0.5) is 5.69 Å². The maximum atomic E-state index is 12.6. The summed E-state index contributed by atoms with van der Waals surface area (Å²) in [5.74, 6) is -0.466. The molecule has 4 heteroatoms. The van der Waals surface area contributed by atoms with Gasteiger partial charge in [-0.1, -0.05) is 57.2 Å². The maximum Gasteiger partial charge on any atom is 0.349 e. The number of para-hydroxylation sites is 2. The molecule has 0 saturated heterocycles. The molecule has 2 aromatic carbocycles. The minimum Gasteiger partial charge on any atom is -0.422 e. The molecule has 24 heavy (non-hydrogen) atoms. The monoisotopic (exact) mass is 321 g/mol. The van der Waals surface area contributed by atoms with Gasteiger partial charge in [-0.05, 0) is 29.2 Å². The first-order chi connectivity index (χ1) is 11.4. The minimum atomic E-state index is -0.639. The fourth-order valence-electron chi connectivity index (χ4n) is 2.66. The topological polar surface area (TPSA) is 59.3 Å². The lowest BCUT2D eigenvalue weighted by Gasteiger charge is -2.22. The van der Waals surface area contributed by atoms with Crippen LogP contribution in [-0.4, -0.2) is 5.91 Å². The van der Waals surface area contributed by atoms with Crippen LogP contribution in [0.3, 0.4) is 0 Å². The van der Waals surface area contributed by atoms with Gasteiger partial charge in [0.1, 0.15) is 11.1 Å². The van der Waals surface area contributed by atoms with Crippen LogP contribution < -0.4 is 10.9 Å². The summed E-state index contributed by atoms with van der Waals surface area (Å²) in [6.45, 7) is 6.22. The molecule has 3 aromatic rings. The van der Waals surface area contributed by atoms with Gasteiger partial charge in [0.25, 0.3) is 5.91 Å². The Bertz CT molecular complexity index is 964. The number of hydrogen-bond acceptors (Lipinski definition) is 3. The first kappa shape index (κ1) is 16.0. The van der Waals surface area contributed by atoms with E-state index < -0.39 is 11.5 Å². The predicted octanol–water partition coefficient (Wildman–Crippen LogP) is 4.34. The highest BCUT2D eigenvalue weighted by Crippen LogP contribution is 2.29. The van der Waals surface area contributed by atoms with Crippen molar-refractivity contribution in [1.29, 1.82) is 0 Å². The van der Waals surface area contributed by atoms with E-state index in [9.17, 15) is 9.59 Å². The molecule has 0 atom stereocenters. The summed E-state index contributed by atoms with van der Waals surface area (Å²) in [4.78, 5) is 24.7. The fraction of sp³-hybridized carbons (Fsp3) is 0.200. The Morgan fingerprint density at radius 1 is 1.00 bits per heavy atom. The van der Waals surface area contributed by atoms with E-state index in [1.807, 2.05) is 30.3 Å².